The first-order chi connectivity index (χ1) is 20.6. The van der Waals surface area contributed by atoms with E-state index in [9.17, 15) is 9.90 Å². The van der Waals surface area contributed by atoms with E-state index in [2.05, 4.69) is 48.4 Å². The normalized spacial score (nSPS) is 22.5. The minimum absolute atomic E-state index is 0. The fourth-order valence-electron chi connectivity index (χ4n) is 6.09. The zero-order chi connectivity index (χ0) is 30.8. The number of nitrogens with one attached hydrogen (secondary N) is 2. The minimum Gasteiger partial charge on any atom is -0.493 e. The zero-order valence-electron chi connectivity index (χ0n) is 25.8. The Morgan fingerprint density at radius 3 is 1.89 bits per heavy atom. The summed E-state index contributed by atoms with van der Waals surface area (Å²) in [4.78, 5) is 19.0. The van der Waals surface area contributed by atoms with Crippen LogP contribution >= 0.6 is 35.6 Å². The van der Waals surface area contributed by atoms with Gasteiger partial charge in [0.2, 0.25) is 0 Å². The van der Waals surface area contributed by atoms with Crippen LogP contribution in [-0.4, -0.2) is 66.8 Å². The molecule has 2 aliphatic rings. The Labute approximate surface area is 277 Å². The molecule has 2 heterocycles. The Morgan fingerprint density at radius 1 is 0.909 bits per heavy atom. The van der Waals surface area contributed by atoms with Crippen molar-refractivity contribution in [3.63, 3.8) is 0 Å². The van der Waals surface area contributed by atoms with Crippen molar-refractivity contribution in [3.8, 4) is 5.75 Å². The minimum atomic E-state index is -1.28. The highest BCUT2D eigenvalue weighted by Gasteiger charge is 2.54. The van der Waals surface area contributed by atoms with Crippen LogP contribution in [0.2, 0.25) is 10.0 Å². The smallest absolute Gasteiger partial charge is 0.262 e. The molecular weight excluding hydrogens is 619 g/mol. The van der Waals surface area contributed by atoms with Gasteiger partial charge in [0.05, 0.1) is 25.3 Å². The third-order valence-electron chi connectivity index (χ3n) is 8.48. The number of rotatable bonds is 8. The topological polar surface area (TPSA) is 77.1 Å². The average molecular weight is 662 g/mol. The molecule has 7 nitrogen and oxygen atoms in total. The van der Waals surface area contributed by atoms with E-state index >= 15 is 0 Å². The maximum absolute atomic E-state index is 14.9. The third kappa shape index (κ3) is 7.20. The van der Waals surface area contributed by atoms with Crippen molar-refractivity contribution in [3.05, 3.63) is 99.0 Å². The summed E-state index contributed by atoms with van der Waals surface area (Å²) in [6, 6.07) is 21.2. The quantitative estimate of drug-likeness (QED) is 0.272. The van der Waals surface area contributed by atoms with Crippen molar-refractivity contribution < 1.29 is 14.6 Å². The molecule has 5 rings (SSSR count). The molecule has 3 atom stereocenters. The molecule has 3 N–H and O–H groups in total. The standard InChI is InChI=1S/C34H42Cl2N4O3.ClH/c1-5-43-29-22-25(33(2,3)4)10-15-28(29)34(32(42)40-18-16-39(17-19-40)20-21-41)37-30(23-6-11-26(35)12-7-23)31(38-34)24-8-13-27(36)14-9-24;/h6-15,22,30-31,37-38,41H,5,16-21H2,1-4H3;1H/t30-,31+,34?;. The largest absolute Gasteiger partial charge is 0.493 e. The number of nitrogens with zero attached hydrogens (tertiary/aromatic N) is 2. The average Bonchev–Trinajstić information content (AvgIpc) is 3.39. The molecule has 0 bridgehead atoms. The summed E-state index contributed by atoms with van der Waals surface area (Å²) in [6.07, 6.45) is 0. The molecule has 0 radical (unpaired) electrons. The second-order valence-corrected chi connectivity index (χ2v) is 13.2. The van der Waals surface area contributed by atoms with Crippen LogP contribution in [0.25, 0.3) is 0 Å². The fourth-order valence-corrected chi connectivity index (χ4v) is 6.34. The van der Waals surface area contributed by atoms with Gasteiger partial charge in [-0.2, -0.15) is 0 Å². The number of amides is 1. The third-order valence-corrected chi connectivity index (χ3v) is 8.99. The highest BCUT2D eigenvalue weighted by atomic mass is 35.5. The van der Waals surface area contributed by atoms with Crippen molar-refractivity contribution in [2.75, 3.05) is 45.9 Å². The van der Waals surface area contributed by atoms with E-state index in [1.807, 2.05) is 66.4 Å². The highest BCUT2D eigenvalue weighted by Crippen LogP contribution is 2.45. The van der Waals surface area contributed by atoms with E-state index in [0.717, 1.165) is 22.3 Å². The Balaban J connectivity index is 0.00000442. The maximum atomic E-state index is 14.9. The van der Waals surface area contributed by atoms with Gasteiger partial charge in [-0.15, -0.1) is 12.4 Å². The van der Waals surface area contributed by atoms with E-state index in [1.54, 1.807) is 0 Å². The molecule has 238 valence electrons. The Morgan fingerprint density at radius 2 is 1.43 bits per heavy atom. The molecule has 2 saturated heterocycles. The summed E-state index contributed by atoms with van der Waals surface area (Å²) in [5.74, 6) is 0.616. The molecule has 0 aliphatic carbocycles. The van der Waals surface area contributed by atoms with Crippen molar-refractivity contribution >= 4 is 41.5 Å². The highest BCUT2D eigenvalue weighted by molar-refractivity contribution is 6.30. The molecule has 3 aromatic carbocycles. The predicted molar refractivity (Wildman–Crippen MR) is 180 cm³/mol. The van der Waals surface area contributed by atoms with Crippen LogP contribution in [0.5, 0.6) is 5.75 Å². The van der Waals surface area contributed by atoms with Crippen LogP contribution in [0.3, 0.4) is 0 Å². The van der Waals surface area contributed by atoms with Gasteiger partial charge >= 0.3 is 0 Å². The van der Waals surface area contributed by atoms with E-state index in [1.165, 1.54) is 0 Å². The lowest BCUT2D eigenvalue weighted by Crippen LogP contribution is -2.62. The number of benzene rings is 3. The van der Waals surface area contributed by atoms with Crippen LogP contribution < -0.4 is 15.4 Å². The molecule has 0 saturated carbocycles. The van der Waals surface area contributed by atoms with Gasteiger partial charge in [-0.05, 0) is 59.4 Å². The van der Waals surface area contributed by atoms with Crippen LogP contribution in [0, 0.1) is 0 Å². The maximum Gasteiger partial charge on any atom is 0.262 e. The van der Waals surface area contributed by atoms with Crippen LogP contribution in [0.1, 0.15) is 62.0 Å². The number of hydrogen-bond acceptors (Lipinski definition) is 6. The van der Waals surface area contributed by atoms with Crippen molar-refractivity contribution in [1.82, 2.24) is 20.4 Å². The molecule has 2 fully saturated rings. The Bertz CT molecular complexity index is 1350. The summed E-state index contributed by atoms with van der Waals surface area (Å²) < 4.78 is 6.29. The second-order valence-electron chi connectivity index (χ2n) is 12.3. The molecule has 1 unspecified atom stereocenters. The number of hydrogen-bond donors (Lipinski definition) is 3. The molecule has 0 aromatic heterocycles. The fraction of sp³-hybridized carbons (Fsp3) is 0.441. The number of ether oxygens (including phenoxy) is 1. The van der Waals surface area contributed by atoms with Crippen LogP contribution in [-0.2, 0) is 15.9 Å². The number of carbonyl (C=O) groups excluding carboxylic acids is 1. The molecule has 3 aromatic rings. The molecular formula is C34H43Cl3N4O3. The Hall–Kier alpha value is -2.36. The second kappa shape index (κ2) is 14.4. The van der Waals surface area contributed by atoms with Crippen molar-refractivity contribution in [2.24, 2.45) is 0 Å². The molecule has 0 spiro atoms. The summed E-state index contributed by atoms with van der Waals surface area (Å²) in [6.45, 7) is 12.2. The summed E-state index contributed by atoms with van der Waals surface area (Å²) in [5.41, 5.74) is 2.50. The number of β-amino-alcohol motifs (C(OH)–C–C–N with tert-alkyl or cyclic N) is 1. The molecule has 1 amide bonds. The monoisotopic (exact) mass is 660 g/mol. The lowest BCUT2D eigenvalue weighted by molar-refractivity contribution is -0.141. The number of halogens is 3. The first-order valence-corrected chi connectivity index (χ1v) is 15.8. The van der Waals surface area contributed by atoms with E-state index in [-0.39, 0.29) is 42.4 Å². The lowest BCUT2D eigenvalue weighted by Gasteiger charge is -2.40. The van der Waals surface area contributed by atoms with Gasteiger partial charge in [-0.3, -0.25) is 20.3 Å². The molecule has 10 heteroatoms. The first-order valence-electron chi connectivity index (χ1n) is 15.0. The van der Waals surface area contributed by atoms with Gasteiger partial charge in [0, 0.05) is 48.3 Å². The van der Waals surface area contributed by atoms with Gasteiger partial charge < -0.3 is 14.7 Å². The van der Waals surface area contributed by atoms with Crippen LogP contribution in [0.4, 0.5) is 0 Å². The summed E-state index contributed by atoms with van der Waals surface area (Å²) in [5, 5.41) is 18.3. The van der Waals surface area contributed by atoms with E-state index in [4.69, 9.17) is 27.9 Å². The van der Waals surface area contributed by atoms with E-state index < -0.39 is 5.66 Å². The Kier molecular flexibility index (Phi) is 11.3. The number of piperazine rings is 1. The summed E-state index contributed by atoms with van der Waals surface area (Å²) in [7, 11) is 0. The van der Waals surface area contributed by atoms with Crippen molar-refractivity contribution in [1.29, 1.82) is 0 Å². The van der Waals surface area contributed by atoms with Crippen LogP contribution in [0.15, 0.2) is 66.7 Å². The van der Waals surface area contributed by atoms with Crippen molar-refractivity contribution in [2.45, 2.75) is 50.9 Å². The predicted octanol–water partition coefficient (Wildman–Crippen LogP) is 6.08. The number of aliphatic hydroxyl groups excluding tert-OH is 1. The molecule has 2 aliphatic heterocycles. The van der Waals surface area contributed by atoms with Gasteiger partial charge in [0.25, 0.3) is 5.91 Å². The SMILES string of the molecule is CCOc1cc(C(C)(C)C)ccc1C1(C(=O)N2CCN(CCO)CC2)N[C@H](c2ccc(Cl)cc2)[C@H](c2ccc(Cl)cc2)N1.Cl. The van der Waals surface area contributed by atoms with Gasteiger partial charge in [0.1, 0.15) is 5.75 Å². The number of aliphatic hydroxyl groups is 1. The van der Waals surface area contributed by atoms with Gasteiger partial charge in [0.15, 0.2) is 5.66 Å². The lowest BCUT2D eigenvalue weighted by atomic mass is 9.84. The number of carbonyl (C=O) groups is 1. The zero-order valence-corrected chi connectivity index (χ0v) is 28.1. The summed E-state index contributed by atoms with van der Waals surface area (Å²) >= 11 is 12.6. The van der Waals surface area contributed by atoms with E-state index in [0.29, 0.717) is 55.1 Å². The van der Waals surface area contributed by atoms with Gasteiger partial charge in [-0.1, -0.05) is 80.4 Å². The first kappa shape index (κ1) is 34.5. The van der Waals surface area contributed by atoms with Gasteiger partial charge in [-0.25, -0.2) is 0 Å². The molecule has 44 heavy (non-hydrogen) atoms.